The van der Waals surface area contributed by atoms with Crippen molar-refractivity contribution in [2.24, 2.45) is 0 Å². The number of ether oxygens (including phenoxy) is 1. The monoisotopic (exact) mass is 376 g/mol. The fourth-order valence-corrected chi connectivity index (χ4v) is 3.60. The van der Waals surface area contributed by atoms with Crippen molar-refractivity contribution in [2.75, 3.05) is 6.61 Å². The Hall–Kier alpha value is -1.84. The van der Waals surface area contributed by atoms with Crippen LogP contribution in [0.1, 0.15) is 41.6 Å². The number of rotatable bonds is 5. The van der Waals surface area contributed by atoms with Gasteiger partial charge >= 0.3 is 5.97 Å². The predicted octanol–water partition coefficient (Wildman–Crippen LogP) is 5.23. The molecule has 2 aromatic carbocycles. The molecule has 0 spiro atoms. The van der Waals surface area contributed by atoms with Crippen LogP contribution in [0, 0.1) is 0 Å². The number of carbonyl (C=O) groups excluding carboxylic acids is 2. The lowest BCUT2D eigenvalue weighted by atomic mass is 9.79. The summed E-state index contributed by atoms with van der Waals surface area (Å²) in [7, 11) is 0. The van der Waals surface area contributed by atoms with Gasteiger partial charge in [0.25, 0.3) is 0 Å². The van der Waals surface area contributed by atoms with Gasteiger partial charge < -0.3 is 4.74 Å². The molecule has 3 rings (SSSR count). The molecule has 1 aliphatic carbocycles. The molecule has 1 fully saturated rings. The minimum atomic E-state index is -0.676. The van der Waals surface area contributed by atoms with E-state index in [0.29, 0.717) is 15.6 Å². The summed E-state index contributed by atoms with van der Waals surface area (Å²) in [6, 6.07) is 13.8. The van der Waals surface area contributed by atoms with Gasteiger partial charge in [-0.3, -0.25) is 9.59 Å². The van der Waals surface area contributed by atoms with Crippen LogP contribution in [-0.2, 0) is 14.9 Å². The Morgan fingerprint density at radius 2 is 1.40 bits per heavy atom. The van der Waals surface area contributed by atoms with Crippen molar-refractivity contribution in [1.82, 2.24) is 0 Å². The van der Waals surface area contributed by atoms with Crippen LogP contribution < -0.4 is 0 Å². The maximum Gasteiger partial charge on any atom is 0.317 e. The highest BCUT2D eigenvalue weighted by molar-refractivity contribution is 6.30. The Morgan fingerprint density at radius 1 is 0.880 bits per heavy atom. The molecule has 0 aromatic heterocycles. The summed E-state index contributed by atoms with van der Waals surface area (Å²) in [6.07, 6.45) is 3.37. The number of hydrogen-bond acceptors (Lipinski definition) is 3. The number of hydrogen-bond donors (Lipinski definition) is 0. The van der Waals surface area contributed by atoms with Crippen LogP contribution in [0.5, 0.6) is 0 Å². The standard InChI is InChI=1S/C20H18Cl2O3/c21-16-7-3-14(4-8-16)18(23)13-25-19(24)20(11-1-2-12-20)15-5-9-17(22)10-6-15/h3-10H,1-2,11-13H2. The first kappa shape index (κ1) is 18.0. The number of carbonyl (C=O) groups is 2. The lowest BCUT2D eigenvalue weighted by Crippen LogP contribution is -2.35. The van der Waals surface area contributed by atoms with E-state index in [4.69, 9.17) is 27.9 Å². The zero-order valence-corrected chi connectivity index (χ0v) is 15.1. The number of Topliss-reactive ketones (excluding diaryl/α,β-unsaturated/α-hetero) is 1. The molecular weight excluding hydrogens is 359 g/mol. The van der Waals surface area contributed by atoms with Gasteiger partial charge in [0.2, 0.25) is 0 Å². The Bertz CT molecular complexity index is 761. The van der Waals surface area contributed by atoms with Crippen molar-refractivity contribution in [2.45, 2.75) is 31.1 Å². The third-order valence-corrected chi connectivity index (χ3v) is 5.25. The molecule has 2 aromatic rings. The Kier molecular flexibility index (Phi) is 5.45. The van der Waals surface area contributed by atoms with E-state index in [0.717, 1.165) is 31.2 Å². The average Bonchev–Trinajstić information content (AvgIpc) is 3.11. The van der Waals surface area contributed by atoms with E-state index in [1.54, 1.807) is 36.4 Å². The molecule has 0 amide bonds. The minimum Gasteiger partial charge on any atom is -0.457 e. The van der Waals surface area contributed by atoms with Crippen molar-refractivity contribution in [3.63, 3.8) is 0 Å². The first-order valence-corrected chi connectivity index (χ1v) is 8.99. The SMILES string of the molecule is O=C(COC(=O)C1(c2ccc(Cl)cc2)CCCC1)c1ccc(Cl)cc1. The van der Waals surface area contributed by atoms with Crippen LogP contribution in [0.25, 0.3) is 0 Å². The summed E-state index contributed by atoms with van der Waals surface area (Å²) in [4.78, 5) is 25.0. The second-order valence-electron chi connectivity index (χ2n) is 6.30. The molecule has 0 radical (unpaired) electrons. The van der Waals surface area contributed by atoms with Crippen LogP contribution in [0.2, 0.25) is 10.0 Å². The lowest BCUT2D eigenvalue weighted by molar-refractivity contribution is -0.149. The maximum atomic E-state index is 12.8. The lowest BCUT2D eigenvalue weighted by Gasteiger charge is -2.27. The summed E-state index contributed by atoms with van der Waals surface area (Å²) in [5.41, 5.74) is 0.702. The van der Waals surface area contributed by atoms with E-state index in [2.05, 4.69) is 0 Å². The number of halogens is 2. The van der Waals surface area contributed by atoms with Crippen LogP contribution in [0.3, 0.4) is 0 Å². The first-order chi connectivity index (χ1) is 12.0. The third kappa shape index (κ3) is 3.88. The van der Waals surface area contributed by atoms with E-state index < -0.39 is 5.41 Å². The average molecular weight is 377 g/mol. The number of esters is 1. The molecule has 0 heterocycles. The molecule has 5 heteroatoms. The van der Waals surface area contributed by atoms with Gasteiger partial charge in [-0.1, -0.05) is 48.2 Å². The molecule has 0 aliphatic heterocycles. The van der Waals surface area contributed by atoms with Crippen LogP contribution in [-0.4, -0.2) is 18.4 Å². The van der Waals surface area contributed by atoms with Gasteiger partial charge in [-0.2, -0.15) is 0 Å². The fraction of sp³-hybridized carbons (Fsp3) is 0.300. The van der Waals surface area contributed by atoms with Crippen molar-refractivity contribution >= 4 is 35.0 Å². The second-order valence-corrected chi connectivity index (χ2v) is 7.18. The van der Waals surface area contributed by atoms with Crippen LogP contribution >= 0.6 is 23.2 Å². The van der Waals surface area contributed by atoms with Gasteiger partial charge in [-0.25, -0.2) is 0 Å². The fourth-order valence-electron chi connectivity index (χ4n) is 3.35. The van der Waals surface area contributed by atoms with Gasteiger partial charge in [0, 0.05) is 15.6 Å². The minimum absolute atomic E-state index is 0.241. The molecule has 25 heavy (non-hydrogen) atoms. The van der Waals surface area contributed by atoms with Crippen molar-refractivity contribution in [3.05, 3.63) is 69.7 Å². The van der Waals surface area contributed by atoms with Gasteiger partial charge in [0.1, 0.15) is 0 Å². The van der Waals surface area contributed by atoms with E-state index in [9.17, 15) is 9.59 Å². The number of ketones is 1. The third-order valence-electron chi connectivity index (χ3n) is 4.75. The van der Waals surface area contributed by atoms with Crippen molar-refractivity contribution in [3.8, 4) is 0 Å². The summed E-state index contributed by atoms with van der Waals surface area (Å²) in [5.74, 6) is -0.580. The molecule has 0 N–H and O–H groups in total. The topological polar surface area (TPSA) is 43.4 Å². The van der Waals surface area contributed by atoms with E-state index in [1.165, 1.54) is 0 Å². The van der Waals surface area contributed by atoms with Gasteiger partial charge in [0.05, 0.1) is 5.41 Å². The molecule has 0 unspecified atom stereocenters. The molecule has 0 atom stereocenters. The smallest absolute Gasteiger partial charge is 0.317 e. The van der Waals surface area contributed by atoms with Crippen LogP contribution in [0.4, 0.5) is 0 Å². The van der Waals surface area contributed by atoms with Gasteiger partial charge in [-0.15, -0.1) is 0 Å². The first-order valence-electron chi connectivity index (χ1n) is 8.23. The molecule has 0 saturated heterocycles. The number of benzene rings is 2. The largest absolute Gasteiger partial charge is 0.457 e. The van der Waals surface area contributed by atoms with Gasteiger partial charge in [0.15, 0.2) is 12.4 Å². The van der Waals surface area contributed by atoms with E-state index >= 15 is 0 Å². The summed E-state index contributed by atoms with van der Waals surface area (Å²) in [6.45, 7) is -0.268. The summed E-state index contributed by atoms with van der Waals surface area (Å²) < 4.78 is 5.41. The molecule has 1 saturated carbocycles. The highest BCUT2D eigenvalue weighted by atomic mass is 35.5. The van der Waals surface area contributed by atoms with Gasteiger partial charge in [-0.05, 0) is 54.8 Å². The van der Waals surface area contributed by atoms with E-state index in [-0.39, 0.29) is 18.4 Å². The summed E-state index contributed by atoms with van der Waals surface area (Å²) in [5, 5.41) is 1.18. The Labute approximate surface area is 156 Å². The molecule has 0 bridgehead atoms. The zero-order valence-electron chi connectivity index (χ0n) is 13.6. The molecule has 3 nitrogen and oxygen atoms in total. The van der Waals surface area contributed by atoms with Crippen molar-refractivity contribution < 1.29 is 14.3 Å². The Balaban J connectivity index is 1.72. The second kappa shape index (κ2) is 7.59. The zero-order chi connectivity index (χ0) is 17.9. The quantitative estimate of drug-likeness (QED) is 0.529. The molecule has 1 aliphatic rings. The molecular formula is C20H18Cl2O3. The normalized spacial score (nSPS) is 15.8. The maximum absolute atomic E-state index is 12.8. The predicted molar refractivity (Wildman–Crippen MR) is 98.3 cm³/mol. The molecule has 130 valence electrons. The van der Waals surface area contributed by atoms with E-state index in [1.807, 2.05) is 12.1 Å². The highest BCUT2D eigenvalue weighted by Gasteiger charge is 2.44. The van der Waals surface area contributed by atoms with Crippen LogP contribution in [0.15, 0.2) is 48.5 Å². The van der Waals surface area contributed by atoms with Crippen molar-refractivity contribution in [1.29, 1.82) is 0 Å². The Morgan fingerprint density at radius 3 is 1.96 bits per heavy atom. The highest BCUT2D eigenvalue weighted by Crippen LogP contribution is 2.42. The summed E-state index contributed by atoms with van der Waals surface area (Å²) >= 11 is 11.8.